The number of benzene rings is 2. The van der Waals surface area contributed by atoms with Crippen molar-refractivity contribution in [3.8, 4) is 17.2 Å². The molecular weight excluding hydrogens is 313 g/mol. The van der Waals surface area contributed by atoms with E-state index in [-0.39, 0.29) is 16.8 Å². The lowest BCUT2D eigenvalue weighted by Gasteiger charge is -2.19. The third-order valence-corrected chi connectivity index (χ3v) is 3.02. The molecule has 22 heavy (non-hydrogen) atoms. The molecule has 0 bridgehead atoms. The second-order valence-electron chi connectivity index (χ2n) is 4.32. The van der Waals surface area contributed by atoms with Gasteiger partial charge < -0.3 is 10.4 Å². The molecule has 0 aromatic heterocycles. The van der Waals surface area contributed by atoms with Gasteiger partial charge in [-0.25, -0.2) is 0 Å². The number of hydrogen-bond donors (Lipinski definition) is 2. The average molecular weight is 322 g/mol. The fourth-order valence-electron chi connectivity index (χ4n) is 2.11. The molecule has 2 aromatic rings. The van der Waals surface area contributed by atoms with Crippen molar-refractivity contribution in [3.05, 3.63) is 53.6 Å². The third-order valence-electron chi connectivity index (χ3n) is 2.91. The zero-order valence-corrected chi connectivity index (χ0v) is 11.8. The van der Waals surface area contributed by atoms with Gasteiger partial charge in [-0.1, -0.05) is 30.3 Å². The highest BCUT2D eigenvalue weighted by atomic mass is 32.1. The molecule has 0 radical (unpaired) electrons. The minimum atomic E-state index is -4.73. The summed E-state index contributed by atoms with van der Waals surface area (Å²) >= 11 is 4.48. The van der Waals surface area contributed by atoms with Crippen molar-refractivity contribution in [1.82, 2.24) is 0 Å². The molecule has 0 fully saturated rings. The van der Waals surface area contributed by atoms with Gasteiger partial charge in [0.2, 0.25) is 0 Å². The topological polar surface area (TPSA) is 56.0 Å². The van der Waals surface area contributed by atoms with Crippen molar-refractivity contribution in [2.24, 2.45) is 0 Å². The van der Waals surface area contributed by atoms with Gasteiger partial charge in [-0.3, -0.25) is 0 Å². The lowest BCUT2D eigenvalue weighted by atomic mass is 9.93. The molecule has 0 saturated carbocycles. The number of thiocarbonyl (C=S) groups is 1. The summed E-state index contributed by atoms with van der Waals surface area (Å²) in [5, 5.41) is 19.8. The Morgan fingerprint density at radius 3 is 2.27 bits per heavy atom. The standard InChI is InChI=1S/C15H9F3N2OS/c16-15(17,18)13-10(8-19)6-7-11(20-14(21)22)12(13)9-4-2-1-3-5-9/h1-7H,(H2,20,21,22). The van der Waals surface area contributed by atoms with E-state index in [1.807, 2.05) is 0 Å². The first-order valence-corrected chi connectivity index (χ1v) is 6.45. The number of alkyl halides is 3. The van der Waals surface area contributed by atoms with Gasteiger partial charge in [0.25, 0.3) is 5.17 Å². The molecule has 112 valence electrons. The zero-order valence-electron chi connectivity index (χ0n) is 11.0. The SMILES string of the molecule is N#Cc1ccc(NC(O)=S)c(-c2ccccc2)c1C(F)(F)F. The van der Waals surface area contributed by atoms with Crippen molar-refractivity contribution in [2.45, 2.75) is 6.18 Å². The van der Waals surface area contributed by atoms with E-state index in [1.165, 1.54) is 18.2 Å². The van der Waals surface area contributed by atoms with E-state index in [9.17, 15) is 18.3 Å². The fourth-order valence-corrected chi connectivity index (χ4v) is 2.22. The first kappa shape index (κ1) is 15.8. The summed E-state index contributed by atoms with van der Waals surface area (Å²) in [6.07, 6.45) is -4.73. The van der Waals surface area contributed by atoms with Crippen LogP contribution in [-0.2, 0) is 6.18 Å². The van der Waals surface area contributed by atoms with Gasteiger partial charge in [0.15, 0.2) is 0 Å². The highest BCUT2D eigenvalue weighted by Gasteiger charge is 2.38. The van der Waals surface area contributed by atoms with E-state index < -0.39 is 22.5 Å². The van der Waals surface area contributed by atoms with Gasteiger partial charge in [-0.15, -0.1) is 0 Å². The molecule has 0 atom stereocenters. The monoisotopic (exact) mass is 322 g/mol. The van der Waals surface area contributed by atoms with Gasteiger partial charge in [-0.05, 0) is 29.9 Å². The van der Waals surface area contributed by atoms with Gasteiger partial charge >= 0.3 is 6.18 Å². The zero-order chi connectivity index (χ0) is 16.3. The molecule has 2 rings (SSSR count). The van der Waals surface area contributed by atoms with Crippen molar-refractivity contribution in [2.75, 3.05) is 5.32 Å². The van der Waals surface area contributed by atoms with Gasteiger partial charge in [0.05, 0.1) is 22.9 Å². The summed E-state index contributed by atoms with van der Waals surface area (Å²) in [5.74, 6) is 0. The second kappa shape index (κ2) is 6.03. The Hall–Kier alpha value is -2.59. The van der Waals surface area contributed by atoms with E-state index in [2.05, 4.69) is 17.5 Å². The molecular formula is C15H9F3N2OS. The number of aliphatic hydroxyl groups excluding tert-OH is 1. The molecule has 0 heterocycles. The van der Waals surface area contributed by atoms with Gasteiger partial charge in [0, 0.05) is 5.56 Å². The Bertz CT molecular complexity index is 752. The van der Waals surface area contributed by atoms with Crippen molar-refractivity contribution in [3.63, 3.8) is 0 Å². The van der Waals surface area contributed by atoms with Crippen LogP contribution in [0.2, 0.25) is 0 Å². The summed E-state index contributed by atoms with van der Waals surface area (Å²) < 4.78 is 40.3. The molecule has 0 aliphatic carbocycles. The summed E-state index contributed by atoms with van der Waals surface area (Å²) in [6, 6.07) is 11.6. The molecule has 0 amide bonds. The Balaban J connectivity index is 2.85. The molecule has 0 spiro atoms. The Kier molecular flexibility index (Phi) is 4.33. The minimum absolute atomic E-state index is 0.0231. The molecule has 0 aliphatic heterocycles. The number of nitrogens with one attached hydrogen (secondary N) is 1. The van der Waals surface area contributed by atoms with Crippen LogP contribution in [0.25, 0.3) is 11.1 Å². The van der Waals surface area contributed by atoms with Crippen LogP contribution in [0.4, 0.5) is 18.9 Å². The molecule has 3 nitrogen and oxygen atoms in total. The van der Waals surface area contributed by atoms with Crippen molar-refractivity contribution < 1.29 is 18.3 Å². The second-order valence-corrected chi connectivity index (χ2v) is 4.70. The number of nitriles is 1. The Morgan fingerprint density at radius 1 is 1.14 bits per heavy atom. The maximum Gasteiger partial charge on any atom is 0.418 e. The molecule has 2 aromatic carbocycles. The van der Waals surface area contributed by atoms with Crippen LogP contribution in [0, 0.1) is 11.3 Å². The minimum Gasteiger partial charge on any atom is -0.486 e. The van der Waals surface area contributed by atoms with Crippen LogP contribution >= 0.6 is 12.2 Å². The molecule has 7 heteroatoms. The van der Waals surface area contributed by atoms with Gasteiger partial charge in [0.1, 0.15) is 0 Å². The number of halogens is 3. The number of aliphatic hydroxyl groups is 1. The Morgan fingerprint density at radius 2 is 1.77 bits per heavy atom. The maximum absolute atomic E-state index is 13.4. The van der Waals surface area contributed by atoms with Crippen molar-refractivity contribution >= 4 is 23.1 Å². The molecule has 0 saturated heterocycles. The first-order chi connectivity index (χ1) is 10.3. The normalized spacial score (nSPS) is 10.8. The third kappa shape index (κ3) is 3.18. The summed E-state index contributed by atoms with van der Waals surface area (Å²) in [6.45, 7) is 0. The summed E-state index contributed by atoms with van der Waals surface area (Å²) in [5.41, 5.74) is -1.57. The quantitative estimate of drug-likeness (QED) is 0.799. The molecule has 2 N–H and O–H groups in total. The number of nitrogens with zero attached hydrogens (tertiary/aromatic N) is 1. The van der Waals surface area contributed by atoms with Crippen LogP contribution < -0.4 is 5.32 Å². The predicted octanol–water partition coefficient (Wildman–Crippen LogP) is 4.50. The lowest BCUT2D eigenvalue weighted by molar-refractivity contribution is -0.137. The van der Waals surface area contributed by atoms with E-state index in [0.717, 1.165) is 6.07 Å². The maximum atomic E-state index is 13.4. The van der Waals surface area contributed by atoms with Gasteiger partial charge in [-0.2, -0.15) is 18.4 Å². The number of hydrogen-bond acceptors (Lipinski definition) is 2. The molecule has 0 unspecified atom stereocenters. The van der Waals surface area contributed by atoms with E-state index >= 15 is 0 Å². The van der Waals surface area contributed by atoms with Crippen LogP contribution in [-0.4, -0.2) is 10.3 Å². The average Bonchev–Trinajstić information content (AvgIpc) is 2.46. The number of anilines is 1. The van der Waals surface area contributed by atoms with E-state index in [4.69, 9.17) is 5.26 Å². The highest BCUT2D eigenvalue weighted by Crippen LogP contribution is 2.43. The lowest BCUT2D eigenvalue weighted by Crippen LogP contribution is -2.14. The highest BCUT2D eigenvalue weighted by molar-refractivity contribution is 7.80. The Labute approximate surface area is 129 Å². The van der Waals surface area contributed by atoms with Crippen molar-refractivity contribution in [1.29, 1.82) is 5.26 Å². The van der Waals surface area contributed by atoms with Crippen LogP contribution in [0.5, 0.6) is 0 Å². The van der Waals surface area contributed by atoms with Crippen LogP contribution in [0.3, 0.4) is 0 Å². The molecule has 0 aliphatic rings. The fraction of sp³-hybridized carbons (Fsp3) is 0.0667. The first-order valence-electron chi connectivity index (χ1n) is 6.04. The number of rotatable bonds is 2. The largest absolute Gasteiger partial charge is 0.486 e. The van der Waals surface area contributed by atoms with Crippen LogP contribution in [0.1, 0.15) is 11.1 Å². The van der Waals surface area contributed by atoms with E-state index in [0.29, 0.717) is 0 Å². The smallest absolute Gasteiger partial charge is 0.418 e. The van der Waals surface area contributed by atoms with Crippen LogP contribution in [0.15, 0.2) is 42.5 Å². The summed E-state index contributed by atoms with van der Waals surface area (Å²) in [7, 11) is 0. The predicted molar refractivity (Wildman–Crippen MR) is 80.4 cm³/mol. The van der Waals surface area contributed by atoms with E-state index in [1.54, 1.807) is 24.3 Å². The summed E-state index contributed by atoms with van der Waals surface area (Å²) in [4.78, 5) is 0.